The van der Waals surface area contributed by atoms with Crippen molar-refractivity contribution in [1.29, 1.82) is 0 Å². The minimum absolute atomic E-state index is 0.00643. The molecule has 0 fully saturated rings. The van der Waals surface area contributed by atoms with Crippen LogP contribution in [0.25, 0.3) is 0 Å². The van der Waals surface area contributed by atoms with E-state index in [0.29, 0.717) is 5.02 Å². The maximum Gasteiger partial charge on any atom is 0.304 e. The van der Waals surface area contributed by atoms with Crippen LogP contribution in [0.3, 0.4) is 0 Å². The summed E-state index contributed by atoms with van der Waals surface area (Å²) in [7, 11) is 1.85. The van der Waals surface area contributed by atoms with Gasteiger partial charge in [0.25, 0.3) is 0 Å². The van der Waals surface area contributed by atoms with E-state index < -0.39 is 5.97 Å². The van der Waals surface area contributed by atoms with Gasteiger partial charge in [-0.05, 0) is 17.7 Å². The Morgan fingerprint density at radius 3 is 2.61 bits per heavy atom. The van der Waals surface area contributed by atoms with Crippen LogP contribution < -0.4 is 0 Å². The fourth-order valence-corrected chi connectivity index (χ4v) is 2.07. The maximum atomic E-state index is 11.0. The highest BCUT2D eigenvalue weighted by Crippen LogP contribution is 2.27. The van der Waals surface area contributed by atoms with Gasteiger partial charge in [-0.2, -0.15) is 0 Å². The minimum atomic E-state index is -0.849. The summed E-state index contributed by atoms with van der Waals surface area (Å²) in [6, 6.07) is 7.19. The molecule has 0 amide bonds. The summed E-state index contributed by atoms with van der Waals surface area (Å²) >= 11 is 5.84. The van der Waals surface area contributed by atoms with E-state index in [-0.39, 0.29) is 12.3 Å². The molecule has 0 aliphatic carbocycles. The zero-order chi connectivity index (χ0) is 13.1. The molecule has 1 heterocycles. The molecule has 1 atom stereocenters. The average Bonchev–Trinajstić information content (AvgIpc) is 2.73. The number of aryl methyl sites for hydroxylation is 1. The fraction of sp³-hybridized carbons (Fsp3) is 0.231. The first kappa shape index (κ1) is 12.6. The fourth-order valence-electron chi connectivity index (χ4n) is 1.94. The van der Waals surface area contributed by atoms with Gasteiger partial charge < -0.3 is 9.67 Å². The van der Waals surface area contributed by atoms with E-state index in [4.69, 9.17) is 16.7 Å². The van der Waals surface area contributed by atoms with E-state index in [1.165, 1.54) is 0 Å². The van der Waals surface area contributed by atoms with Crippen molar-refractivity contribution in [2.75, 3.05) is 0 Å². The predicted molar refractivity (Wildman–Crippen MR) is 68.8 cm³/mol. The molecule has 1 unspecified atom stereocenters. The molecule has 0 aliphatic heterocycles. The summed E-state index contributed by atoms with van der Waals surface area (Å²) in [4.78, 5) is 15.2. The summed E-state index contributed by atoms with van der Waals surface area (Å²) in [5.74, 6) is -0.377. The summed E-state index contributed by atoms with van der Waals surface area (Å²) < 4.78 is 1.84. The molecule has 1 N–H and O–H groups in total. The van der Waals surface area contributed by atoms with Crippen molar-refractivity contribution in [2.45, 2.75) is 12.3 Å². The molecule has 0 bridgehead atoms. The second-order valence-corrected chi connectivity index (χ2v) is 4.53. The van der Waals surface area contributed by atoms with Crippen LogP contribution in [-0.2, 0) is 11.8 Å². The van der Waals surface area contributed by atoms with E-state index in [2.05, 4.69) is 4.98 Å². The summed E-state index contributed by atoms with van der Waals surface area (Å²) in [6.07, 6.45) is 3.48. The number of aromatic nitrogens is 2. The number of benzene rings is 1. The molecule has 0 radical (unpaired) electrons. The SMILES string of the molecule is Cn1ccnc1C(CC(=O)O)c1ccc(Cl)cc1. The number of rotatable bonds is 4. The molecule has 94 valence electrons. The summed E-state index contributed by atoms with van der Waals surface area (Å²) in [5.41, 5.74) is 0.899. The van der Waals surface area contributed by atoms with Crippen molar-refractivity contribution >= 4 is 17.6 Å². The van der Waals surface area contributed by atoms with Crippen molar-refractivity contribution in [2.24, 2.45) is 7.05 Å². The second kappa shape index (κ2) is 5.23. The van der Waals surface area contributed by atoms with E-state index in [1.54, 1.807) is 24.5 Å². The molecule has 0 saturated heterocycles. The summed E-state index contributed by atoms with van der Waals surface area (Å²) in [5, 5.41) is 9.66. The lowest BCUT2D eigenvalue weighted by atomic mass is 9.95. The van der Waals surface area contributed by atoms with E-state index >= 15 is 0 Å². The number of halogens is 1. The zero-order valence-electron chi connectivity index (χ0n) is 9.88. The van der Waals surface area contributed by atoms with E-state index in [0.717, 1.165) is 11.4 Å². The van der Waals surface area contributed by atoms with Crippen LogP contribution in [0, 0.1) is 0 Å². The number of carbonyl (C=O) groups is 1. The number of hydrogen-bond donors (Lipinski definition) is 1. The Bertz CT molecular complexity index is 548. The van der Waals surface area contributed by atoms with Crippen LogP contribution in [0.5, 0.6) is 0 Å². The van der Waals surface area contributed by atoms with Crippen LogP contribution in [0.4, 0.5) is 0 Å². The van der Waals surface area contributed by atoms with Crippen LogP contribution in [0.15, 0.2) is 36.7 Å². The predicted octanol–water partition coefficient (Wildman–Crippen LogP) is 2.68. The molecule has 5 heteroatoms. The maximum absolute atomic E-state index is 11.0. The molecular weight excluding hydrogens is 252 g/mol. The largest absolute Gasteiger partial charge is 0.481 e. The monoisotopic (exact) mass is 264 g/mol. The normalized spacial score (nSPS) is 12.3. The third-order valence-corrected chi connectivity index (χ3v) is 3.07. The van der Waals surface area contributed by atoms with Crippen molar-refractivity contribution in [3.05, 3.63) is 53.1 Å². The highest BCUT2D eigenvalue weighted by atomic mass is 35.5. The van der Waals surface area contributed by atoms with Gasteiger partial charge in [-0.25, -0.2) is 4.98 Å². The number of imidazole rings is 1. The van der Waals surface area contributed by atoms with Gasteiger partial charge in [0.1, 0.15) is 5.82 Å². The number of aliphatic carboxylic acids is 1. The first-order valence-corrected chi connectivity index (χ1v) is 5.90. The van der Waals surface area contributed by atoms with Gasteiger partial charge in [0.2, 0.25) is 0 Å². The Balaban J connectivity index is 2.39. The Morgan fingerprint density at radius 2 is 2.11 bits per heavy atom. The lowest BCUT2D eigenvalue weighted by Crippen LogP contribution is -2.12. The second-order valence-electron chi connectivity index (χ2n) is 4.10. The number of carboxylic acid groups (broad SMARTS) is 1. The smallest absolute Gasteiger partial charge is 0.304 e. The molecule has 18 heavy (non-hydrogen) atoms. The van der Waals surface area contributed by atoms with Crippen molar-refractivity contribution in [1.82, 2.24) is 9.55 Å². The zero-order valence-corrected chi connectivity index (χ0v) is 10.6. The third kappa shape index (κ3) is 2.71. The first-order valence-electron chi connectivity index (χ1n) is 5.52. The molecule has 2 rings (SSSR count). The van der Waals surface area contributed by atoms with E-state index in [1.807, 2.05) is 23.7 Å². The van der Waals surface area contributed by atoms with Crippen molar-refractivity contribution in [3.8, 4) is 0 Å². The van der Waals surface area contributed by atoms with Crippen LogP contribution in [0.1, 0.15) is 23.7 Å². The van der Waals surface area contributed by atoms with Gasteiger partial charge >= 0.3 is 5.97 Å². The lowest BCUT2D eigenvalue weighted by Gasteiger charge is -2.15. The number of nitrogens with zero attached hydrogens (tertiary/aromatic N) is 2. The average molecular weight is 265 g/mol. The Hall–Kier alpha value is -1.81. The highest BCUT2D eigenvalue weighted by molar-refractivity contribution is 6.30. The van der Waals surface area contributed by atoms with Gasteiger partial charge in [-0.15, -0.1) is 0 Å². The Morgan fingerprint density at radius 1 is 1.44 bits per heavy atom. The number of hydrogen-bond acceptors (Lipinski definition) is 2. The van der Waals surface area contributed by atoms with Crippen LogP contribution in [-0.4, -0.2) is 20.6 Å². The Kier molecular flexibility index (Phi) is 3.67. The molecule has 0 saturated carbocycles. The van der Waals surface area contributed by atoms with E-state index in [9.17, 15) is 4.79 Å². The van der Waals surface area contributed by atoms with Crippen molar-refractivity contribution < 1.29 is 9.90 Å². The highest BCUT2D eigenvalue weighted by Gasteiger charge is 2.21. The molecule has 1 aromatic carbocycles. The molecule has 1 aromatic heterocycles. The van der Waals surface area contributed by atoms with Crippen molar-refractivity contribution in [3.63, 3.8) is 0 Å². The first-order chi connectivity index (χ1) is 8.58. The molecule has 2 aromatic rings. The van der Waals surface area contributed by atoms with Gasteiger partial charge in [0, 0.05) is 24.5 Å². The minimum Gasteiger partial charge on any atom is -0.481 e. The Labute approximate surface area is 110 Å². The quantitative estimate of drug-likeness (QED) is 0.924. The van der Waals surface area contributed by atoms with Gasteiger partial charge in [0.15, 0.2) is 0 Å². The van der Waals surface area contributed by atoms with Gasteiger partial charge in [0.05, 0.1) is 12.3 Å². The standard InChI is InChI=1S/C13H13ClN2O2/c1-16-7-6-15-13(16)11(8-12(17)18)9-2-4-10(14)5-3-9/h2-7,11H,8H2,1H3,(H,17,18). The molecule has 4 nitrogen and oxygen atoms in total. The molecule has 0 spiro atoms. The van der Waals surface area contributed by atoms with Crippen LogP contribution in [0.2, 0.25) is 5.02 Å². The lowest BCUT2D eigenvalue weighted by molar-refractivity contribution is -0.137. The summed E-state index contributed by atoms with van der Waals surface area (Å²) in [6.45, 7) is 0. The molecular formula is C13H13ClN2O2. The van der Waals surface area contributed by atoms with Gasteiger partial charge in [-0.3, -0.25) is 4.79 Å². The van der Waals surface area contributed by atoms with Crippen LogP contribution >= 0.6 is 11.6 Å². The number of carboxylic acids is 1. The third-order valence-electron chi connectivity index (χ3n) is 2.82. The molecule has 0 aliphatic rings. The van der Waals surface area contributed by atoms with Gasteiger partial charge in [-0.1, -0.05) is 23.7 Å². The topological polar surface area (TPSA) is 55.1 Å².